The standard InChI is InChI=1S/C20H22ClN3O4/c1-27-17-9-18(28-2)15(8-14(17)21)23-19(25)11-24-10-13-6-4-3-5-12(13)7-16(24)20(22)26/h3-6,8-9,16H,7,10-11H2,1-2H3,(H2,22,26)(H,23,25). The lowest BCUT2D eigenvalue weighted by atomic mass is 9.93. The highest BCUT2D eigenvalue weighted by Gasteiger charge is 2.31. The van der Waals surface area contributed by atoms with E-state index in [0.29, 0.717) is 35.2 Å². The van der Waals surface area contributed by atoms with Gasteiger partial charge in [0.25, 0.3) is 0 Å². The zero-order valence-electron chi connectivity index (χ0n) is 15.7. The summed E-state index contributed by atoms with van der Waals surface area (Å²) < 4.78 is 10.5. The Kier molecular flexibility index (Phi) is 6.06. The molecule has 0 saturated heterocycles. The summed E-state index contributed by atoms with van der Waals surface area (Å²) >= 11 is 6.15. The van der Waals surface area contributed by atoms with Crippen molar-refractivity contribution in [2.24, 2.45) is 5.73 Å². The monoisotopic (exact) mass is 403 g/mol. The number of fused-ring (bicyclic) bond motifs is 1. The average molecular weight is 404 g/mol. The number of ether oxygens (including phenoxy) is 2. The van der Waals surface area contributed by atoms with E-state index in [1.165, 1.54) is 14.2 Å². The van der Waals surface area contributed by atoms with Gasteiger partial charge in [0.05, 0.1) is 37.5 Å². The number of nitrogens with zero attached hydrogens (tertiary/aromatic N) is 1. The van der Waals surface area contributed by atoms with Gasteiger partial charge in [-0.15, -0.1) is 0 Å². The predicted octanol–water partition coefficient (Wildman–Crippen LogP) is 2.21. The number of carbonyl (C=O) groups excluding carboxylic acids is 2. The Morgan fingerprint density at radius 1 is 1.18 bits per heavy atom. The number of carbonyl (C=O) groups is 2. The molecule has 0 fully saturated rings. The smallest absolute Gasteiger partial charge is 0.238 e. The maximum Gasteiger partial charge on any atom is 0.238 e. The molecule has 2 amide bonds. The Bertz CT molecular complexity index is 903. The third kappa shape index (κ3) is 4.21. The third-order valence-corrected chi connectivity index (χ3v) is 5.06. The molecule has 7 nitrogen and oxygen atoms in total. The van der Waals surface area contributed by atoms with Crippen molar-refractivity contribution >= 4 is 29.1 Å². The van der Waals surface area contributed by atoms with Crippen LogP contribution in [0.1, 0.15) is 11.1 Å². The van der Waals surface area contributed by atoms with E-state index in [0.717, 1.165) is 11.1 Å². The van der Waals surface area contributed by atoms with Crippen LogP contribution in [0.3, 0.4) is 0 Å². The number of halogens is 1. The first kappa shape index (κ1) is 20.0. The van der Waals surface area contributed by atoms with E-state index in [4.69, 9.17) is 26.8 Å². The van der Waals surface area contributed by atoms with Crippen LogP contribution in [0.15, 0.2) is 36.4 Å². The van der Waals surface area contributed by atoms with Crippen LogP contribution in [0.25, 0.3) is 0 Å². The molecule has 28 heavy (non-hydrogen) atoms. The molecule has 1 aliphatic rings. The fraction of sp³-hybridized carbons (Fsp3) is 0.300. The van der Waals surface area contributed by atoms with E-state index in [9.17, 15) is 9.59 Å². The number of hydrogen-bond acceptors (Lipinski definition) is 5. The summed E-state index contributed by atoms with van der Waals surface area (Å²) in [4.78, 5) is 26.4. The number of rotatable bonds is 6. The lowest BCUT2D eigenvalue weighted by molar-refractivity contribution is -0.125. The number of hydrogen-bond donors (Lipinski definition) is 2. The van der Waals surface area contributed by atoms with E-state index < -0.39 is 11.9 Å². The van der Waals surface area contributed by atoms with Crippen LogP contribution >= 0.6 is 11.6 Å². The van der Waals surface area contributed by atoms with Crippen LogP contribution in [0.4, 0.5) is 5.69 Å². The maximum atomic E-state index is 12.7. The summed E-state index contributed by atoms with van der Waals surface area (Å²) in [5.74, 6) is 0.112. The van der Waals surface area contributed by atoms with Crippen LogP contribution in [0.5, 0.6) is 11.5 Å². The van der Waals surface area contributed by atoms with Gasteiger partial charge in [-0.25, -0.2) is 0 Å². The summed E-state index contributed by atoms with van der Waals surface area (Å²) in [6.45, 7) is 0.479. The summed E-state index contributed by atoms with van der Waals surface area (Å²) in [6.07, 6.45) is 0.483. The molecule has 8 heteroatoms. The molecular formula is C20H22ClN3O4. The van der Waals surface area contributed by atoms with Crippen molar-refractivity contribution in [2.75, 3.05) is 26.1 Å². The van der Waals surface area contributed by atoms with Crippen molar-refractivity contribution in [3.63, 3.8) is 0 Å². The number of nitrogens with one attached hydrogen (secondary N) is 1. The summed E-state index contributed by atoms with van der Waals surface area (Å²) in [5.41, 5.74) is 8.16. The van der Waals surface area contributed by atoms with Crippen molar-refractivity contribution in [3.8, 4) is 11.5 Å². The molecule has 3 rings (SSSR count). The molecule has 148 valence electrons. The molecule has 0 spiro atoms. The van der Waals surface area contributed by atoms with Crippen molar-refractivity contribution in [2.45, 2.75) is 19.0 Å². The van der Waals surface area contributed by atoms with Crippen LogP contribution in [-0.2, 0) is 22.6 Å². The fourth-order valence-electron chi connectivity index (χ4n) is 3.36. The van der Waals surface area contributed by atoms with Gasteiger partial charge in [0.15, 0.2) is 0 Å². The lowest BCUT2D eigenvalue weighted by Crippen LogP contribution is -2.50. The predicted molar refractivity (Wildman–Crippen MR) is 107 cm³/mol. The fourth-order valence-corrected chi connectivity index (χ4v) is 3.60. The van der Waals surface area contributed by atoms with Crippen molar-refractivity contribution in [3.05, 3.63) is 52.5 Å². The molecule has 2 aromatic carbocycles. The number of amides is 2. The topological polar surface area (TPSA) is 93.9 Å². The van der Waals surface area contributed by atoms with E-state index in [1.54, 1.807) is 17.0 Å². The Labute approximate surface area is 168 Å². The van der Waals surface area contributed by atoms with Gasteiger partial charge in [0.2, 0.25) is 11.8 Å². The molecule has 2 aromatic rings. The highest BCUT2D eigenvalue weighted by molar-refractivity contribution is 6.32. The number of benzene rings is 2. The summed E-state index contributed by atoms with van der Waals surface area (Å²) in [6, 6.07) is 10.5. The second-order valence-electron chi connectivity index (χ2n) is 6.53. The number of anilines is 1. The molecule has 1 atom stereocenters. The minimum atomic E-state index is -0.540. The Morgan fingerprint density at radius 3 is 2.50 bits per heavy atom. The Balaban J connectivity index is 1.77. The van der Waals surface area contributed by atoms with Crippen molar-refractivity contribution in [1.82, 2.24) is 4.90 Å². The minimum absolute atomic E-state index is 0.00867. The average Bonchev–Trinajstić information content (AvgIpc) is 2.67. The normalized spacial score (nSPS) is 16.2. The molecule has 3 N–H and O–H groups in total. The van der Waals surface area contributed by atoms with Gasteiger partial charge in [-0.2, -0.15) is 0 Å². The molecule has 0 aliphatic carbocycles. The Morgan fingerprint density at radius 2 is 1.86 bits per heavy atom. The summed E-state index contributed by atoms with van der Waals surface area (Å²) in [7, 11) is 2.99. The number of methoxy groups -OCH3 is 2. The van der Waals surface area contributed by atoms with E-state index >= 15 is 0 Å². The molecule has 0 saturated carbocycles. The summed E-state index contributed by atoms with van der Waals surface area (Å²) in [5, 5.41) is 3.13. The second kappa shape index (κ2) is 8.50. The Hall–Kier alpha value is -2.77. The quantitative estimate of drug-likeness (QED) is 0.771. The van der Waals surface area contributed by atoms with Gasteiger partial charge in [0.1, 0.15) is 11.5 Å². The zero-order chi connectivity index (χ0) is 20.3. The van der Waals surface area contributed by atoms with Crippen LogP contribution in [0, 0.1) is 0 Å². The first-order valence-corrected chi connectivity index (χ1v) is 9.12. The molecule has 1 unspecified atom stereocenters. The maximum absolute atomic E-state index is 12.7. The molecule has 1 heterocycles. The molecule has 0 radical (unpaired) electrons. The highest BCUT2D eigenvalue weighted by atomic mass is 35.5. The van der Waals surface area contributed by atoms with Crippen LogP contribution in [0.2, 0.25) is 5.02 Å². The second-order valence-corrected chi connectivity index (χ2v) is 6.94. The van der Waals surface area contributed by atoms with E-state index in [1.807, 2.05) is 24.3 Å². The number of primary amides is 1. The van der Waals surface area contributed by atoms with Crippen molar-refractivity contribution in [1.29, 1.82) is 0 Å². The van der Waals surface area contributed by atoms with Gasteiger partial charge >= 0.3 is 0 Å². The van der Waals surface area contributed by atoms with Gasteiger partial charge in [-0.1, -0.05) is 35.9 Å². The third-order valence-electron chi connectivity index (χ3n) is 4.77. The van der Waals surface area contributed by atoms with E-state index in [-0.39, 0.29) is 12.5 Å². The highest BCUT2D eigenvalue weighted by Crippen LogP contribution is 2.36. The number of nitrogens with two attached hydrogens (primary N) is 1. The van der Waals surface area contributed by atoms with Crippen LogP contribution < -0.4 is 20.5 Å². The van der Waals surface area contributed by atoms with Gasteiger partial charge in [-0.3, -0.25) is 14.5 Å². The molecule has 0 bridgehead atoms. The molecule has 0 aromatic heterocycles. The molecule has 1 aliphatic heterocycles. The largest absolute Gasteiger partial charge is 0.495 e. The van der Waals surface area contributed by atoms with Gasteiger partial charge in [-0.05, 0) is 23.6 Å². The van der Waals surface area contributed by atoms with Gasteiger partial charge in [0, 0.05) is 12.6 Å². The lowest BCUT2D eigenvalue weighted by Gasteiger charge is -2.34. The van der Waals surface area contributed by atoms with Crippen LogP contribution in [-0.4, -0.2) is 43.5 Å². The minimum Gasteiger partial charge on any atom is -0.495 e. The van der Waals surface area contributed by atoms with E-state index in [2.05, 4.69) is 5.32 Å². The van der Waals surface area contributed by atoms with Gasteiger partial charge < -0.3 is 20.5 Å². The first-order valence-electron chi connectivity index (χ1n) is 8.74. The molecular weight excluding hydrogens is 382 g/mol. The zero-order valence-corrected chi connectivity index (χ0v) is 16.5. The van der Waals surface area contributed by atoms with Crippen molar-refractivity contribution < 1.29 is 19.1 Å². The first-order chi connectivity index (χ1) is 13.4. The SMILES string of the molecule is COc1cc(OC)c(NC(=O)CN2Cc3ccccc3CC2C(N)=O)cc1Cl.